The van der Waals surface area contributed by atoms with E-state index in [1.165, 1.54) is 25.1 Å². The Kier molecular flexibility index (Phi) is 6.81. The first-order valence-corrected chi connectivity index (χ1v) is 10.1. The minimum absolute atomic E-state index is 0.00126. The minimum Gasteiger partial charge on any atom is -0.630 e. The fourth-order valence-corrected chi connectivity index (χ4v) is 3.89. The van der Waals surface area contributed by atoms with Gasteiger partial charge in [-0.2, -0.15) is 18.3 Å². The number of nitrogens with two attached hydrogens (primary N) is 1. The van der Waals surface area contributed by atoms with E-state index in [1.54, 1.807) is 5.38 Å². The van der Waals surface area contributed by atoms with Crippen molar-refractivity contribution in [2.24, 2.45) is 5.10 Å². The molecule has 0 bridgehead atoms. The lowest BCUT2D eigenvalue weighted by molar-refractivity contribution is -0.497. The molecule has 1 heterocycles. The molecule has 0 aliphatic rings. The third-order valence-corrected chi connectivity index (χ3v) is 5.64. The van der Waals surface area contributed by atoms with Crippen molar-refractivity contribution in [2.45, 2.75) is 13.1 Å². The molecule has 33 heavy (non-hydrogen) atoms. The van der Waals surface area contributed by atoms with Crippen LogP contribution in [-0.4, -0.2) is 27.8 Å². The summed E-state index contributed by atoms with van der Waals surface area (Å²) in [5.41, 5.74) is 2.21. The first kappa shape index (κ1) is 23.9. The second kappa shape index (κ2) is 9.40. The molecule has 1 amide bonds. The largest absolute Gasteiger partial charge is 0.630 e. The Labute approximate surface area is 188 Å². The quantitative estimate of drug-likeness (QED) is 0.243. The van der Waals surface area contributed by atoms with Crippen molar-refractivity contribution in [1.82, 2.24) is 5.43 Å². The summed E-state index contributed by atoms with van der Waals surface area (Å²) in [6.07, 6.45) is -4.47. The van der Waals surface area contributed by atoms with Crippen LogP contribution >= 0.6 is 11.3 Å². The predicted octanol–water partition coefficient (Wildman–Crippen LogP) is 3.68. The fourth-order valence-electron chi connectivity index (χ4n) is 2.88. The first-order chi connectivity index (χ1) is 15.5. The molecule has 0 spiro atoms. The van der Waals surface area contributed by atoms with Crippen LogP contribution in [0.3, 0.4) is 0 Å². The number of nitrogens with zero attached hydrogens (tertiary/aromatic N) is 1. The van der Waals surface area contributed by atoms with Gasteiger partial charge in [0.1, 0.15) is 17.0 Å². The molecule has 1 aromatic heterocycles. The van der Waals surface area contributed by atoms with Gasteiger partial charge in [0.2, 0.25) is 0 Å². The number of aromatic carboxylic acids is 1. The molecule has 0 aliphatic heterocycles. The molecule has 0 fully saturated rings. The van der Waals surface area contributed by atoms with E-state index in [9.17, 15) is 33.1 Å². The van der Waals surface area contributed by atoms with E-state index < -0.39 is 23.6 Å². The summed E-state index contributed by atoms with van der Waals surface area (Å²) in [7, 11) is 0. The van der Waals surface area contributed by atoms with Gasteiger partial charge in [-0.3, -0.25) is 4.79 Å². The van der Waals surface area contributed by atoms with Crippen molar-refractivity contribution < 1.29 is 38.5 Å². The molecule has 8 nitrogen and oxygen atoms in total. The van der Waals surface area contributed by atoms with Crippen LogP contribution in [0.25, 0.3) is 10.4 Å². The number of halogens is 3. The molecule has 0 aliphatic carbocycles. The SMILES string of the molecule is C/C(=N\NC(=O)c1ccc(C(=O)O)c([NH2+][O-])c1)c1csc(-c2ccc(C(F)(F)F)cc2)c1O. The number of carbonyl (C=O) groups excluding carboxylic acids is 1. The standard InChI is InChI=1S/C21H16F3N3O5S/c1-10(25-26-19(29)12-4-7-14(20(30)31)16(8-12)27-32)15-9-33-18(17(15)28)11-2-5-13(6-3-11)21(22,23)24/h2-9,28H,27H2,1H3,(H,26,29)(H,30,31)/b25-10+. The lowest BCUT2D eigenvalue weighted by Crippen LogP contribution is -2.70. The maximum Gasteiger partial charge on any atom is 0.416 e. The zero-order valence-corrected chi connectivity index (χ0v) is 17.6. The van der Waals surface area contributed by atoms with Gasteiger partial charge < -0.3 is 20.9 Å². The van der Waals surface area contributed by atoms with Gasteiger partial charge in [-0.25, -0.2) is 10.2 Å². The molecular formula is C21H16F3N3O5S. The van der Waals surface area contributed by atoms with Gasteiger partial charge >= 0.3 is 12.1 Å². The number of nitrogens with one attached hydrogen (secondary N) is 1. The van der Waals surface area contributed by atoms with E-state index in [-0.39, 0.29) is 33.8 Å². The van der Waals surface area contributed by atoms with Crippen LogP contribution in [0.5, 0.6) is 5.75 Å². The number of carboxylic acids is 1. The summed E-state index contributed by atoms with van der Waals surface area (Å²) in [5.74, 6) is -2.23. The van der Waals surface area contributed by atoms with E-state index in [1.807, 2.05) is 0 Å². The number of benzene rings is 2. The smallest absolute Gasteiger partial charge is 0.416 e. The van der Waals surface area contributed by atoms with E-state index in [0.29, 0.717) is 15.9 Å². The topological polar surface area (TPSA) is 139 Å². The number of carboxylic acid groups (broad SMARTS) is 1. The minimum atomic E-state index is -4.47. The normalized spacial score (nSPS) is 12.0. The van der Waals surface area contributed by atoms with Crippen molar-refractivity contribution in [3.05, 3.63) is 75.3 Å². The van der Waals surface area contributed by atoms with E-state index >= 15 is 0 Å². The number of rotatable bonds is 6. The zero-order valence-electron chi connectivity index (χ0n) is 16.8. The molecule has 172 valence electrons. The highest BCUT2D eigenvalue weighted by Crippen LogP contribution is 2.40. The summed E-state index contributed by atoms with van der Waals surface area (Å²) in [4.78, 5) is 23.7. The van der Waals surface area contributed by atoms with Crippen molar-refractivity contribution >= 4 is 34.6 Å². The van der Waals surface area contributed by atoms with Crippen LogP contribution in [-0.2, 0) is 6.18 Å². The van der Waals surface area contributed by atoms with Crippen molar-refractivity contribution in [1.29, 1.82) is 0 Å². The Morgan fingerprint density at radius 1 is 1.12 bits per heavy atom. The fraction of sp³-hybridized carbons (Fsp3) is 0.0952. The van der Waals surface area contributed by atoms with Crippen LogP contribution in [0.1, 0.15) is 38.8 Å². The Bertz CT molecular complexity index is 1240. The number of thiophene rings is 1. The molecular weight excluding hydrogens is 463 g/mol. The van der Waals surface area contributed by atoms with Crippen LogP contribution in [0.15, 0.2) is 52.9 Å². The Morgan fingerprint density at radius 2 is 1.79 bits per heavy atom. The number of hydrogen-bond donors (Lipinski definition) is 4. The maximum atomic E-state index is 12.7. The number of alkyl halides is 3. The molecule has 0 unspecified atom stereocenters. The molecule has 0 saturated carbocycles. The Morgan fingerprint density at radius 3 is 2.36 bits per heavy atom. The van der Waals surface area contributed by atoms with Gasteiger partial charge in [0.15, 0.2) is 0 Å². The number of aromatic hydroxyl groups is 1. The molecule has 3 aromatic rings. The predicted molar refractivity (Wildman–Crippen MR) is 114 cm³/mol. The summed E-state index contributed by atoms with van der Waals surface area (Å²) in [6.45, 7) is 1.50. The van der Waals surface area contributed by atoms with E-state index in [4.69, 9.17) is 5.11 Å². The Balaban J connectivity index is 1.79. The maximum absolute atomic E-state index is 12.7. The molecule has 3 rings (SSSR count). The summed E-state index contributed by atoms with van der Waals surface area (Å²) in [5, 5.41) is 36.1. The number of amides is 1. The third kappa shape index (κ3) is 5.19. The summed E-state index contributed by atoms with van der Waals surface area (Å²) in [6, 6.07) is 7.79. The highest BCUT2D eigenvalue weighted by atomic mass is 32.1. The number of hydrogen-bond acceptors (Lipinski definition) is 6. The lowest BCUT2D eigenvalue weighted by Gasteiger charge is -2.08. The average Bonchev–Trinajstić information content (AvgIpc) is 3.17. The second-order valence-corrected chi connectivity index (χ2v) is 7.65. The van der Waals surface area contributed by atoms with Gasteiger partial charge in [-0.1, -0.05) is 12.1 Å². The molecule has 2 aromatic carbocycles. The number of quaternary nitrogens is 1. The third-order valence-electron chi connectivity index (χ3n) is 4.63. The van der Waals surface area contributed by atoms with Crippen molar-refractivity contribution in [3.8, 4) is 16.2 Å². The monoisotopic (exact) mass is 479 g/mol. The van der Waals surface area contributed by atoms with Gasteiger partial charge in [-0.05, 0) is 36.8 Å². The number of carbonyl (C=O) groups is 2. The van der Waals surface area contributed by atoms with E-state index in [2.05, 4.69) is 10.5 Å². The van der Waals surface area contributed by atoms with Crippen molar-refractivity contribution in [2.75, 3.05) is 0 Å². The average molecular weight is 479 g/mol. The highest BCUT2D eigenvalue weighted by Gasteiger charge is 2.30. The lowest BCUT2D eigenvalue weighted by atomic mass is 10.1. The van der Waals surface area contributed by atoms with Crippen molar-refractivity contribution in [3.63, 3.8) is 0 Å². The molecule has 0 saturated heterocycles. The zero-order chi connectivity index (χ0) is 24.3. The van der Waals surface area contributed by atoms with Gasteiger partial charge in [0.05, 0.1) is 21.7 Å². The summed E-state index contributed by atoms with van der Waals surface area (Å²) < 4.78 is 38.2. The van der Waals surface area contributed by atoms with Crippen LogP contribution in [0.4, 0.5) is 18.9 Å². The van der Waals surface area contributed by atoms with Gasteiger partial charge in [0.25, 0.3) is 5.91 Å². The van der Waals surface area contributed by atoms with E-state index in [0.717, 1.165) is 35.6 Å². The van der Waals surface area contributed by atoms with Crippen LogP contribution < -0.4 is 10.9 Å². The van der Waals surface area contributed by atoms with Crippen LogP contribution in [0, 0.1) is 5.21 Å². The molecule has 0 radical (unpaired) electrons. The summed E-state index contributed by atoms with van der Waals surface area (Å²) >= 11 is 1.09. The molecule has 0 atom stereocenters. The highest BCUT2D eigenvalue weighted by molar-refractivity contribution is 7.14. The van der Waals surface area contributed by atoms with Gasteiger partial charge in [0, 0.05) is 17.0 Å². The second-order valence-electron chi connectivity index (χ2n) is 6.77. The van der Waals surface area contributed by atoms with Gasteiger partial charge in [-0.15, -0.1) is 11.3 Å². The molecule has 12 heteroatoms. The first-order valence-electron chi connectivity index (χ1n) is 9.18. The van der Waals surface area contributed by atoms with Crippen LogP contribution in [0.2, 0.25) is 0 Å². The molecule has 5 N–H and O–H groups in total. The number of hydrazone groups is 1. The Hall–Kier alpha value is -3.74.